The molecule has 1 aromatic carbocycles. The van der Waals surface area contributed by atoms with E-state index in [2.05, 4.69) is 0 Å². The van der Waals surface area contributed by atoms with E-state index in [-0.39, 0.29) is 5.91 Å². The topological polar surface area (TPSA) is 57.6 Å². The molecule has 1 fully saturated rings. The molecule has 1 N–H and O–H groups in total. The van der Waals surface area contributed by atoms with Gasteiger partial charge >= 0.3 is 5.97 Å². The number of carbonyl (C=O) groups excluding carboxylic acids is 1. The monoisotopic (exact) mass is 255 g/mol. The SMILES string of the molecule is O=C(O)[C@@H]1CSCN1C(=O)c1ccc(F)cc1. The van der Waals surface area contributed by atoms with Gasteiger partial charge in [-0.05, 0) is 24.3 Å². The Balaban J connectivity index is 2.19. The van der Waals surface area contributed by atoms with Crippen LogP contribution in [0.5, 0.6) is 0 Å². The fourth-order valence-electron chi connectivity index (χ4n) is 1.61. The maximum atomic E-state index is 12.7. The number of amides is 1. The van der Waals surface area contributed by atoms with E-state index < -0.39 is 17.8 Å². The molecule has 0 unspecified atom stereocenters. The highest BCUT2D eigenvalue weighted by Gasteiger charge is 2.34. The van der Waals surface area contributed by atoms with E-state index >= 15 is 0 Å². The molecule has 2 rings (SSSR count). The van der Waals surface area contributed by atoms with E-state index in [1.165, 1.54) is 40.9 Å². The lowest BCUT2D eigenvalue weighted by Crippen LogP contribution is -2.41. The van der Waals surface area contributed by atoms with Crippen LogP contribution in [0.1, 0.15) is 10.4 Å². The van der Waals surface area contributed by atoms with Crippen LogP contribution >= 0.6 is 11.8 Å². The average Bonchev–Trinajstić information content (AvgIpc) is 2.78. The van der Waals surface area contributed by atoms with Crippen LogP contribution in [0, 0.1) is 5.82 Å². The highest BCUT2D eigenvalue weighted by Crippen LogP contribution is 2.23. The Labute approximate surface area is 101 Å². The standard InChI is InChI=1S/C11H10FNO3S/c12-8-3-1-7(2-4-8)10(14)13-6-17-5-9(13)11(15)16/h1-4,9H,5-6H2,(H,15,16)/t9-/m0/s1. The summed E-state index contributed by atoms with van der Waals surface area (Å²) in [6.45, 7) is 0. The van der Waals surface area contributed by atoms with Gasteiger partial charge < -0.3 is 10.0 Å². The number of benzene rings is 1. The van der Waals surface area contributed by atoms with Gasteiger partial charge in [-0.25, -0.2) is 9.18 Å². The minimum atomic E-state index is -1.01. The second kappa shape index (κ2) is 4.75. The zero-order valence-electron chi connectivity index (χ0n) is 8.80. The molecule has 90 valence electrons. The minimum Gasteiger partial charge on any atom is -0.480 e. The highest BCUT2D eigenvalue weighted by molar-refractivity contribution is 7.99. The number of halogens is 1. The molecular formula is C11H10FNO3S. The van der Waals surface area contributed by atoms with Crippen LogP contribution in [0.4, 0.5) is 4.39 Å². The average molecular weight is 255 g/mol. The number of carbonyl (C=O) groups is 2. The number of rotatable bonds is 2. The van der Waals surface area contributed by atoms with Crippen LogP contribution in [0.3, 0.4) is 0 Å². The molecule has 1 atom stereocenters. The third-order valence-electron chi connectivity index (χ3n) is 2.52. The number of nitrogens with zero attached hydrogens (tertiary/aromatic N) is 1. The number of aliphatic carboxylic acids is 1. The number of hydrogen-bond acceptors (Lipinski definition) is 3. The van der Waals surface area contributed by atoms with Crippen LogP contribution in [0.15, 0.2) is 24.3 Å². The van der Waals surface area contributed by atoms with Gasteiger partial charge in [-0.2, -0.15) is 0 Å². The molecule has 0 radical (unpaired) electrons. The molecule has 0 spiro atoms. The Morgan fingerprint density at radius 3 is 2.59 bits per heavy atom. The number of carboxylic acids is 1. The molecule has 0 bridgehead atoms. The first-order valence-electron chi connectivity index (χ1n) is 4.96. The van der Waals surface area contributed by atoms with E-state index in [0.717, 1.165) is 0 Å². The van der Waals surface area contributed by atoms with Gasteiger partial charge in [-0.3, -0.25) is 4.79 Å². The van der Waals surface area contributed by atoms with E-state index in [1.807, 2.05) is 0 Å². The Hall–Kier alpha value is -1.56. The molecule has 0 saturated carbocycles. The Bertz CT molecular complexity index is 449. The zero-order chi connectivity index (χ0) is 12.4. The predicted molar refractivity (Wildman–Crippen MR) is 61.3 cm³/mol. The second-order valence-corrected chi connectivity index (χ2v) is 4.64. The van der Waals surface area contributed by atoms with Crippen LogP contribution in [0.2, 0.25) is 0 Å². The summed E-state index contributed by atoms with van der Waals surface area (Å²) in [5.41, 5.74) is 0.306. The molecule has 1 aliphatic rings. The van der Waals surface area contributed by atoms with Crippen LogP contribution < -0.4 is 0 Å². The number of thioether (sulfide) groups is 1. The molecule has 1 aliphatic heterocycles. The molecule has 1 heterocycles. The van der Waals surface area contributed by atoms with E-state index in [9.17, 15) is 14.0 Å². The summed E-state index contributed by atoms with van der Waals surface area (Å²) in [5, 5.41) is 8.96. The highest BCUT2D eigenvalue weighted by atomic mass is 32.2. The van der Waals surface area contributed by atoms with Gasteiger partial charge in [-0.15, -0.1) is 11.8 Å². The van der Waals surface area contributed by atoms with Gasteiger partial charge in [-0.1, -0.05) is 0 Å². The van der Waals surface area contributed by atoms with Gasteiger partial charge in [0.15, 0.2) is 0 Å². The molecular weight excluding hydrogens is 245 g/mol. The van der Waals surface area contributed by atoms with Crippen molar-refractivity contribution in [2.75, 3.05) is 11.6 Å². The molecule has 1 saturated heterocycles. The summed E-state index contributed by atoms with van der Waals surface area (Å²) in [6.07, 6.45) is 0. The smallest absolute Gasteiger partial charge is 0.327 e. The predicted octanol–water partition coefficient (Wildman–Crippen LogP) is 1.43. The molecule has 0 aromatic heterocycles. The van der Waals surface area contributed by atoms with Gasteiger partial charge in [0.25, 0.3) is 5.91 Å². The lowest BCUT2D eigenvalue weighted by molar-refractivity contribution is -0.140. The molecule has 4 nitrogen and oxygen atoms in total. The molecule has 17 heavy (non-hydrogen) atoms. The van der Waals surface area contributed by atoms with E-state index in [1.54, 1.807) is 0 Å². The van der Waals surface area contributed by atoms with Gasteiger partial charge in [0.05, 0.1) is 5.88 Å². The van der Waals surface area contributed by atoms with Crippen molar-refractivity contribution in [1.29, 1.82) is 0 Å². The molecule has 0 aliphatic carbocycles. The van der Waals surface area contributed by atoms with Crippen molar-refractivity contribution in [2.45, 2.75) is 6.04 Å². The first-order valence-corrected chi connectivity index (χ1v) is 6.12. The first-order chi connectivity index (χ1) is 8.09. The summed E-state index contributed by atoms with van der Waals surface area (Å²) in [6, 6.07) is 4.30. The Morgan fingerprint density at radius 1 is 1.35 bits per heavy atom. The normalized spacial score (nSPS) is 19.4. The van der Waals surface area contributed by atoms with Crippen molar-refractivity contribution in [2.24, 2.45) is 0 Å². The van der Waals surface area contributed by atoms with Crippen LogP contribution in [-0.4, -0.2) is 39.6 Å². The fraction of sp³-hybridized carbons (Fsp3) is 0.273. The van der Waals surface area contributed by atoms with Crippen molar-refractivity contribution in [3.8, 4) is 0 Å². The zero-order valence-corrected chi connectivity index (χ0v) is 9.61. The molecule has 6 heteroatoms. The lowest BCUT2D eigenvalue weighted by Gasteiger charge is -2.20. The van der Waals surface area contributed by atoms with Crippen LogP contribution in [-0.2, 0) is 4.79 Å². The Kier molecular flexibility index (Phi) is 3.33. The van der Waals surface area contributed by atoms with Gasteiger partial charge in [0.1, 0.15) is 11.9 Å². The summed E-state index contributed by atoms with van der Waals surface area (Å²) in [7, 11) is 0. The van der Waals surface area contributed by atoms with Gasteiger partial charge in [0.2, 0.25) is 0 Å². The van der Waals surface area contributed by atoms with Gasteiger partial charge in [0, 0.05) is 11.3 Å². The number of carboxylic acid groups (broad SMARTS) is 1. The molecule has 1 aromatic rings. The minimum absolute atomic E-state index is 0.306. The van der Waals surface area contributed by atoms with Crippen molar-refractivity contribution >= 4 is 23.6 Å². The van der Waals surface area contributed by atoms with E-state index in [4.69, 9.17) is 5.11 Å². The van der Waals surface area contributed by atoms with Crippen molar-refractivity contribution in [3.05, 3.63) is 35.6 Å². The third kappa shape index (κ3) is 2.41. The maximum Gasteiger partial charge on any atom is 0.327 e. The first kappa shape index (κ1) is 11.9. The quantitative estimate of drug-likeness (QED) is 0.868. The van der Waals surface area contributed by atoms with Crippen molar-refractivity contribution < 1.29 is 19.1 Å². The summed E-state index contributed by atoms with van der Waals surface area (Å²) in [4.78, 5) is 24.2. The summed E-state index contributed by atoms with van der Waals surface area (Å²) in [5.74, 6) is -1.06. The van der Waals surface area contributed by atoms with E-state index in [0.29, 0.717) is 17.2 Å². The van der Waals surface area contributed by atoms with Crippen molar-refractivity contribution in [3.63, 3.8) is 0 Å². The maximum absolute atomic E-state index is 12.7. The largest absolute Gasteiger partial charge is 0.480 e. The van der Waals surface area contributed by atoms with Crippen LogP contribution in [0.25, 0.3) is 0 Å². The fourth-order valence-corrected chi connectivity index (χ4v) is 2.75. The Morgan fingerprint density at radius 2 is 2.00 bits per heavy atom. The second-order valence-electron chi connectivity index (χ2n) is 3.64. The molecule has 1 amide bonds. The lowest BCUT2D eigenvalue weighted by atomic mass is 10.2. The third-order valence-corrected chi connectivity index (χ3v) is 3.53. The summed E-state index contributed by atoms with van der Waals surface area (Å²) < 4.78 is 12.7. The number of hydrogen-bond donors (Lipinski definition) is 1. The summed E-state index contributed by atoms with van der Waals surface area (Å²) >= 11 is 1.39. The van der Waals surface area contributed by atoms with Crippen molar-refractivity contribution in [1.82, 2.24) is 4.90 Å².